The molecular weight excluding hydrogens is 514 g/mol. The van der Waals surface area contributed by atoms with Crippen molar-refractivity contribution in [2.24, 2.45) is 11.1 Å². The van der Waals surface area contributed by atoms with Crippen molar-refractivity contribution in [1.82, 2.24) is 14.5 Å². The van der Waals surface area contributed by atoms with E-state index in [1.54, 1.807) is 12.4 Å². The van der Waals surface area contributed by atoms with Crippen LogP contribution in [-0.4, -0.2) is 37.4 Å². The Morgan fingerprint density at radius 2 is 1.92 bits per heavy atom. The Balaban J connectivity index is 1.42. The highest BCUT2D eigenvalue weighted by Crippen LogP contribution is 2.45. The fourth-order valence-corrected chi connectivity index (χ4v) is 7.39. The summed E-state index contributed by atoms with van der Waals surface area (Å²) in [4.78, 5) is 9.26. The Morgan fingerprint density at radius 1 is 1.16 bits per heavy atom. The third-order valence-corrected chi connectivity index (χ3v) is 13.7. The molecule has 0 saturated heterocycles. The van der Waals surface area contributed by atoms with E-state index in [0.29, 0.717) is 0 Å². The van der Waals surface area contributed by atoms with Crippen molar-refractivity contribution in [3.63, 3.8) is 0 Å². The number of nitrogens with two attached hydrogens (primary N) is 1. The first-order chi connectivity index (χ1) is 17.8. The minimum absolute atomic E-state index is 0.0477. The predicted octanol–water partition coefficient (Wildman–Crippen LogP) is 5.67. The molecule has 8 nitrogen and oxygen atoms in total. The Labute approximate surface area is 226 Å². The quantitative estimate of drug-likeness (QED) is 0.364. The highest BCUT2D eigenvalue weighted by atomic mass is 32.2. The Kier molecular flexibility index (Phi) is 7.04. The maximum atomic E-state index is 11.7. The summed E-state index contributed by atoms with van der Waals surface area (Å²) in [6.07, 6.45) is 8.96. The van der Waals surface area contributed by atoms with Crippen LogP contribution in [0.15, 0.2) is 54.3 Å². The van der Waals surface area contributed by atoms with Crippen molar-refractivity contribution in [1.29, 1.82) is 0 Å². The van der Waals surface area contributed by atoms with E-state index in [1.807, 2.05) is 0 Å². The van der Waals surface area contributed by atoms with E-state index < -0.39 is 18.3 Å². The second-order valence-corrected chi connectivity index (χ2v) is 18.4. The highest BCUT2D eigenvalue weighted by Gasteiger charge is 2.44. The van der Waals surface area contributed by atoms with Gasteiger partial charge in [-0.05, 0) is 61.0 Å². The molecule has 1 saturated carbocycles. The number of hydrogen-bond donors (Lipinski definition) is 2. The molecule has 204 valence electrons. The molecule has 4 atom stereocenters. The maximum absolute atomic E-state index is 11.7. The SMILES string of the molecule is CC(C)(C)[Si](C)(C)O[C@@H]1C[C@H](n2ccc3c(N[C@H]4CCc5ccccc54)ncnc32)C[C@H]1/C=C/S(N)(=O)=O. The van der Waals surface area contributed by atoms with Crippen molar-refractivity contribution in [3.05, 3.63) is 65.5 Å². The van der Waals surface area contributed by atoms with Gasteiger partial charge in [0.15, 0.2) is 8.32 Å². The summed E-state index contributed by atoms with van der Waals surface area (Å²) in [6.45, 7) is 11.1. The first-order valence-electron chi connectivity index (χ1n) is 13.4. The number of hydrogen-bond acceptors (Lipinski definition) is 6. The number of nitrogens with one attached hydrogen (secondary N) is 1. The molecule has 1 aromatic carbocycles. The van der Waals surface area contributed by atoms with Crippen LogP contribution >= 0.6 is 0 Å². The van der Waals surface area contributed by atoms with E-state index in [2.05, 4.69) is 90.2 Å². The lowest BCUT2D eigenvalue weighted by Crippen LogP contribution is -2.44. The molecule has 0 aliphatic heterocycles. The molecule has 2 aliphatic carbocycles. The molecule has 10 heteroatoms. The van der Waals surface area contributed by atoms with Crippen molar-refractivity contribution in [3.8, 4) is 0 Å². The zero-order valence-corrected chi connectivity index (χ0v) is 24.7. The largest absolute Gasteiger partial charge is 0.413 e. The number of primary sulfonamides is 1. The summed E-state index contributed by atoms with van der Waals surface area (Å²) in [5.41, 5.74) is 3.61. The second-order valence-electron chi connectivity index (χ2n) is 12.2. The molecule has 0 radical (unpaired) electrons. The Morgan fingerprint density at radius 3 is 2.66 bits per heavy atom. The van der Waals surface area contributed by atoms with Gasteiger partial charge in [0.05, 0.1) is 17.5 Å². The van der Waals surface area contributed by atoms with Gasteiger partial charge in [0.1, 0.15) is 17.8 Å². The number of sulfonamides is 1. The summed E-state index contributed by atoms with van der Waals surface area (Å²) < 4.78 is 32.4. The highest BCUT2D eigenvalue weighted by molar-refractivity contribution is 7.92. The molecular formula is C28H39N5O3SSi. The van der Waals surface area contributed by atoms with Crippen LogP contribution in [0.1, 0.15) is 63.2 Å². The molecule has 2 heterocycles. The van der Waals surface area contributed by atoms with Gasteiger partial charge in [0, 0.05) is 23.6 Å². The monoisotopic (exact) mass is 553 g/mol. The lowest BCUT2D eigenvalue weighted by molar-refractivity contribution is 0.157. The smallest absolute Gasteiger partial charge is 0.230 e. The number of anilines is 1. The van der Waals surface area contributed by atoms with E-state index in [9.17, 15) is 8.42 Å². The van der Waals surface area contributed by atoms with Crippen LogP contribution in [0.2, 0.25) is 18.1 Å². The zero-order chi connectivity index (χ0) is 27.3. The predicted molar refractivity (Wildman–Crippen MR) is 155 cm³/mol. The number of nitrogens with zero attached hydrogens (tertiary/aromatic N) is 3. The van der Waals surface area contributed by atoms with Crippen LogP contribution in [0.3, 0.4) is 0 Å². The van der Waals surface area contributed by atoms with Gasteiger partial charge in [-0.1, -0.05) is 51.1 Å². The molecule has 2 aromatic heterocycles. The van der Waals surface area contributed by atoms with Gasteiger partial charge in [-0.2, -0.15) is 0 Å². The molecule has 38 heavy (non-hydrogen) atoms. The molecule has 2 aliphatic rings. The minimum Gasteiger partial charge on any atom is -0.413 e. The number of rotatable bonds is 7. The number of fused-ring (bicyclic) bond motifs is 2. The van der Waals surface area contributed by atoms with Crippen LogP contribution in [-0.2, 0) is 20.9 Å². The van der Waals surface area contributed by atoms with Gasteiger partial charge in [-0.3, -0.25) is 0 Å². The standard InChI is InChI=1S/C28H39N5O3SSi/c1-28(2,3)38(4,5)36-25-17-21(16-20(25)13-15-37(29,34)35)33-14-12-23-26(30-18-31-27(23)33)32-24-11-10-19-8-6-7-9-22(19)24/h6-9,12-15,18,20-21,24-25H,10-11,16-17H2,1-5H3,(H2,29,34,35)(H,30,31,32)/b15-13+/t20-,21-,24+,25-/m1/s1. The first kappa shape index (κ1) is 27.0. The number of aromatic nitrogens is 3. The second kappa shape index (κ2) is 9.89. The van der Waals surface area contributed by atoms with E-state index in [1.165, 1.54) is 11.1 Å². The molecule has 0 amide bonds. The van der Waals surface area contributed by atoms with Crippen LogP contribution in [0, 0.1) is 5.92 Å². The summed E-state index contributed by atoms with van der Waals surface area (Å²) >= 11 is 0. The van der Waals surface area contributed by atoms with Crippen molar-refractivity contribution in [2.75, 3.05) is 5.32 Å². The third kappa shape index (κ3) is 5.45. The van der Waals surface area contributed by atoms with Crippen molar-refractivity contribution >= 4 is 35.2 Å². The average molecular weight is 554 g/mol. The third-order valence-electron chi connectivity index (χ3n) is 8.64. The first-order valence-corrected chi connectivity index (χ1v) is 17.9. The summed E-state index contributed by atoms with van der Waals surface area (Å²) in [6, 6.07) is 11.0. The maximum Gasteiger partial charge on any atom is 0.230 e. The lowest BCUT2D eigenvalue weighted by atomic mass is 10.1. The molecule has 0 bridgehead atoms. The van der Waals surface area contributed by atoms with Gasteiger partial charge in [0.2, 0.25) is 10.0 Å². The summed E-state index contributed by atoms with van der Waals surface area (Å²) in [5.74, 6) is 0.785. The summed E-state index contributed by atoms with van der Waals surface area (Å²) in [7, 11) is -5.79. The van der Waals surface area contributed by atoms with E-state index in [0.717, 1.165) is 47.9 Å². The van der Waals surface area contributed by atoms with Crippen molar-refractivity contribution < 1.29 is 12.8 Å². The van der Waals surface area contributed by atoms with Crippen LogP contribution in [0.25, 0.3) is 11.0 Å². The summed E-state index contributed by atoms with van der Waals surface area (Å²) in [5, 5.41) is 11.1. The molecule has 1 fully saturated rings. The van der Waals surface area contributed by atoms with Gasteiger partial charge in [-0.15, -0.1) is 0 Å². The fourth-order valence-electron chi connectivity index (χ4n) is 5.59. The minimum atomic E-state index is -3.71. The van der Waals surface area contributed by atoms with Gasteiger partial charge in [0.25, 0.3) is 0 Å². The molecule has 5 rings (SSSR count). The van der Waals surface area contributed by atoms with E-state index >= 15 is 0 Å². The molecule has 3 N–H and O–H groups in total. The van der Waals surface area contributed by atoms with Crippen LogP contribution < -0.4 is 10.5 Å². The van der Waals surface area contributed by atoms with Gasteiger partial charge < -0.3 is 14.3 Å². The average Bonchev–Trinajstić information content (AvgIpc) is 3.54. The Bertz CT molecular complexity index is 1460. The topological polar surface area (TPSA) is 112 Å². The van der Waals surface area contributed by atoms with Crippen LogP contribution in [0.4, 0.5) is 5.82 Å². The van der Waals surface area contributed by atoms with Gasteiger partial charge >= 0.3 is 0 Å². The Hall–Kier alpha value is -2.53. The van der Waals surface area contributed by atoms with Gasteiger partial charge in [-0.25, -0.2) is 23.5 Å². The van der Waals surface area contributed by atoms with Crippen LogP contribution in [0.5, 0.6) is 0 Å². The fraction of sp³-hybridized carbons (Fsp3) is 0.500. The lowest BCUT2D eigenvalue weighted by Gasteiger charge is -2.39. The molecule has 0 unspecified atom stereocenters. The number of aryl methyl sites for hydroxylation is 1. The normalized spacial score (nSPS) is 24.4. The van der Waals surface area contributed by atoms with E-state index in [-0.39, 0.29) is 29.1 Å². The zero-order valence-electron chi connectivity index (χ0n) is 22.9. The molecule has 0 spiro atoms. The number of benzene rings is 1. The molecule has 3 aromatic rings. The van der Waals surface area contributed by atoms with Crippen molar-refractivity contribution in [2.45, 2.75) is 82.8 Å². The van der Waals surface area contributed by atoms with E-state index in [4.69, 9.17) is 9.56 Å².